The zero-order valence-corrected chi connectivity index (χ0v) is 15.8. The van der Waals surface area contributed by atoms with Gasteiger partial charge in [-0.1, -0.05) is 26.2 Å². The molecule has 2 heterocycles. The second-order valence-corrected chi connectivity index (χ2v) is 7.60. The maximum atomic E-state index is 11.9. The Bertz CT molecular complexity index is 564. The summed E-state index contributed by atoms with van der Waals surface area (Å²) in [6.07, 6.45) is 8.94. The van der Waals surface area contributed by atoms with Gasteiger partial charge in [0.2, 0.25) is 0 Å². The highest BCUT2D eigenvalue weighted by atomic mass is 16.2. The van der Waals surface area contributed by atoms with E-state index in [1.807, 2.05) is 6.92 Å². The van der Waals surface area contributed by atoms with Crippen LogP contribution in [0.25, 0.3) is 0 Å². The van der Waals surface area contributed by atoms with Crippen molar-refractivity contribution in [1.29, 1.82) is 0 Å². The molecule has 0 aromatic carbocycles. The Balaban J connectivity index is 1.56. The maximum Gasteiger partial charge on any atom is 0.315 e. The van der Waals surface area contributed by atoms with Gasteiger partial charge in [-0.15, -0.1) is 0 Å². The second-order valence-electron chi connectivity index (χ2n) is 7.60. The lowest BCUT2D eigenvalue weighted by Gasteiger charge is -2.33. The van der Waals surface area contributed by atoms with E-state index in [1.165, 1.54) is 44.3 Å². The third-order valence-corrected chi connectivity index (χ3v) is 5.61. The molecule has 6 heteroatoms. The topological polar surface area (TPSA) is 62.2 Å². The average molecular weight is 348 g/mol. The Morgan fingerprint density at radius 3 is 2.84 bits per heavy atom. The van der Waals surface area contributed by atoms with E-state index >= 15 is 0 Å². The number of carbonyl (C=O) groups is 1. The third-order valence-electron chi connectivity index (χ3n) is 5.61. The van der Waals surface area contributed by atoms with Gasteiger partial charge in [0.25, 0.3) is 0 Å². The summed E-state index contributed by atoms with van der Waals surface area (Å²) < 4.78 is 2.15. The second kappa shape index (κ2) is 8.70. The molecule has 2 aliphatic rings. The van der Waals surface area contributed by atoms with Crippen molar-refractivity contribution in [3.05, 3.63) is 17.5 Å². The molecule has 1 saturated carbocycles. The van der Waals surface area contributed by atoms with Crippen molar-refractivity contribution >= 4 is 6.03 Å². The molecular weight excluding hydrogens is 314 g/mol. The highest BCUT2D eigenvalue weighted by Gasteiger charge is 2.24. The zero-order chi connectivity index (χ0) is 17.6. The van der Waals surface area contributed by atoms with Crippen molar-refractivity contribution < 1.29 is 4.79 Å². The zero-order valence-electron chi connectivity index (χ0n) is 15.8. The first-order valence-corrected chi connectivity index (χ1v) is 9.99. The molecule has 0 bridgehead atoms. The monoisotopic (exact) mass is 347 g/mol. The lowest BCUT2D eigenvalue weighted by atomic mass is 9.94. The number of fused-ring (bicyclic) bond motifs is 1. The number of hydrogen-bond acceptors (Lipinski definition) is 3. The van der Waals surface area contributed by atoms with Crippen LogP contribution in [0.4, 0.5) is 4.79 Å². The van der Waals surface area contributed by atoms with E-state index in [-0.39, 0.29) is 12.1 Å². The molecule has 25 heavy (non-hydrogen) atoms. The first-order chi connectivity index (χ1) is 12.2. The lowest BCUT2D eigenvalue weighted by molar-refractivity contribution is 0.150. The quantitative estimate of drug-likeness (QED) is 0.861. The van der Waals surface area contributed by atoms with Crippen LogP contribution in [-0.2, 0) is 19.6 Å². The highest BCUT2D eigenvalue weighted by Crippen LogP contribution is 2.25. The number of amides is 2. The van der Waals surface area contributed by atoms with Gasteiger partial charge < -0.3 is 10.6 Å². The van der Waals surface area contributed by atoms with E-state index in [0.717, 1.165) is 37.7 Å². The van der Waals surface area contributed by atoms with Crippen LogP contribution in [-0.4, -0.2) is 39.3 Å². The fourth-order valence-corrected chi connectivity index (χ4v) is 3.94. The largest absolute Gasteiger partial charge is 0.336 e. The summed E-state index contributed by atoms with van der Waals surface area (Å²) >= 11 is 0. The Labute approximate surface area is 151 Å². The van der Waals surface area contributed by atoms with Gasteiger partial charge in [-0.3, -0.25) is 9.58 Å². The molecule has 1 atom stereocenters. The van der Waals surface area contributed by atoms with Crippen molar-refractivity contribution in [2.45, 2.75) is 90.5 Å². The number of nitrogens with zero attached hydrogens (tertiary/aromatic N) is 3. The Hall–Kier alpha value is -1.56. The number of urea groups is 1. The number of aromatic nitrogens is 2. The molecule has 1 aliphatic heterocycles. The molecular formula is C19H33N5O. The van der Waals surface area contributed by atoms with Gasteiger partial charge >= 0.3 is 6.03 Å². The van der Waals surface area contributed by atoms with E-state index in [2.05, 4.69) is 33.2 Å². The minimum Gasteiger partial charge on any atom is -0.336 e. The summed E-state index contributed by atoms with van der Waals surface area (Å²) in [7, 11) is 0. The molecule has 0 spiro atoms. The molecule has 0 radical (unpaired) electrons. The number of hydrogen-bond donors (Lipinski definition) is 2. The molecule has 1 aromatic heterocycles. The maximum absolute atomic E-state index is 11.9. The molecule has 1 fully saturated rings. The fourth-order valence-electron chi connectivity index (χ4n) is 3.94. The number of rotatable bonds is 5. The van der Waals surface area contributed by atoms with Gasteiger partial charge in [-0.05, 0) is 38.7 Å². The molecule has 0 saturated heterocycles. The van der Waals surface area contributed by atoms with Crippen molar-refractivity contribution in [2.24, 2.45) is 0 Å². The summed E-state index contributed by atoms with van der Waals surface area (Å²) in [5.74, 6) is 0. The molecule has 140 valence electrons. The van der Waals surface area contributed by atoms with Crippen LogP contribution >= 0.6 is 0 Å². The van der Waals surface area contributed by atoms with Crippen LogP contribution in [0.5, 0.6) is 0 Å². The molecule has 2 amide bonds. The summed E-state index contributed by atoms with van der Waals surface area (Å²) in [6, 6.07) is 3.01. The Morgan fingerprint density at radius 2 is 2.08 bits per heavy atom. The number of aryl methyl sites for hydroxylation is 1. The summed E-state index contributed by atoms with van der Waals surface area (Å²) in [6.45, 7) is 7.73. The van der Waals surface area contributed by atoms with E-state index in [1.54, 1.807) is 0 Å². The van der Waals surface area contributed by atoms with Gasteiger partial charge in [0.05, 0.1) is 17.9 Å². The van der Waals surface area contributed by atoms with Crippen molar-refractivity contribution in [2.75, 3.05) is 6.54 Å². The first-order valence-electron chi connectivity index (χ1n) is 9.99. The van der Waals surface area contributed by atoms with Crippen LogP contribution in [0.3, 0.4) is 0 Å². The normalized spacial score (nSPS) is 20.6. The molecule has 0 unspecified atom stereocenters. The smallest absolute Gasteiger partial charge is 0.315 e. The van der Waals surface area contributed by atoms with Gasteiger partial charge in [-0.25, -0.2) is 4.79 Å². The van der Waals surface area contributed by atoms with E-state index in [0.29, 0.717) is 6.54 Å². The Kier molecular flexibility index (Phi) is 6.34. The molecule has 3 rings (SSSR count). The van der Waals surface area contributed by atoms with Gasteiger partial charge in [0, 0.05) is 31.7 Å². The van der Waals surface area contributed by atoms with E-state index in [9.17, 15) is 4.79 Å². The highest BCUT2D eigenvalue weighted by molar-refractivity contribution is 5.74. The van der Waals surface area contributed by atoms with Crippen LogP contribution in [0, 0.1) is 0 Å². The van der Waals surface area contributed by atoms with Gasteiger partial charge in [0.1, 0.15) is 0 Å². The van der Waals surface area contributed by atoms with Crippen LogP contribution in [0.1, 0.15) is 70.2 Å². The van der Waals surface area contributed by atoms with Crippen LogP contribution < -0.4 is 10.6 Å². The average Bonchev–Trinajstić information content (AvgIpc) is 2.91. The predicted molar refractivity (Wildman–Crippen MR) is 99.3 cm³/mol. The van der Waals surface area contributed by atoms with E-state index < -0.39 is 0 Å². The minimum atomic E-state index is -0.110. The first kappa shape index (κ1) is 18.2. The summed E-state index contributed by atoms with van der Waals surface area (Å²) in [5, 5.41) is 10.6. The van der Waals surface area contributed by atoms with Crippen LogP contribution in [0.15, 0.2) is 6.07 Å². The van der Waals surface area contributed by atoms with Crippen molar-refractivity contribution in [3.8, 4) is 0 Å². The van der Waals surface area contributed by atoms with Crippen molar-refractivity contribution in [1.82, 2.24) is 25.3 Å². The van der Waals surface area contributed by atoms with E-state index in [4.69, 9.17) is 5.10 Å². The van der Waals surface area contributed by atoms with Crippen molar-refractivity contribution in [3.63, 3.8) is 0 Å². The van der Waals surface area contributed by atoms with Gasteiger partial charge in [0.15, 0.2) is 0 Å². The standard InChI is InChI=1S/C19H33N5O/c1-3-15(2)21-19(25)20-13-16-12-18-14-23(10-7-11-24(18)22-16)17-8-5-4-6-9-17/h12,15,17H,3-11,13-14H2,1-2H3,(H2,20,21,25)/t15-/m0/s1. The SMILES string of the molecule is CC[C@H](C)NC(=O)NCc1cc2n(n1)CCCN(C1CCCCC1)C2. The molecule has 1 aliphatic carbocycles. The fraction of sp³-hybridized carbons (Fsp3) is 0.789. The lowest BCUT2D eigenvalue weighted by Crippen LogP contribution is -2.40. The molecule has 2 N–H and O–H groups in total. The van der Waals surface area contributed by atoms with Crippen LogP contribution in [0.2, 0.25) is 0 Å². The number of carbonyl (C=O) groups excluding carboxylic acids is 1. The predicted octanol–water partition coefficient (Wildman–Crippen LogP) is 3.02. The molecule has 1 aromatic rings. The third kappa shape index (κ3) is 4.97. The summed E-state index contributed by atoms with van der Waals surface area (Å²) in [5.41, 5.74) is 2.25. The molecule has 6 nitrogen and oxygen atoms in total. The summed E-state index contributed by atoms with van der Waals surface area (Å²) in [4.78, 5) is 14.5. The van der Waals surface area contributed by atoms with Gasteiger partial charge in [-0.2, -0.15) is 5.10 Å². The Morgan fingerprint density at radius 1 is 1.28 bits per heavy atom. The minimum absolute atomic E-state index is 0.110. The number of nitrogens with one attached hydrogen (secondary N) is 2.